The minimum absolute atomic E-state index is 0.225. The van der Waals surface area contributed by atoms with Crippen molar-refractivity contribution in [1.82, 2.24) is 5.32 Å². The second-order valence-electron chi connectivity index (χ2n) is 6.02. The molecule has 0 saturated carbocycles. The van der Waals surface area contributed by atoms with E-state index in [0.29, 0.717) is 12.0 Å². The number of nitrogens with one attached hydrogen (secondary N) is 1. The molecule has 1 aliphatic rings. The number of carboxylic acid groups (broad SMARTS) is 1. The van der Waals surface area contributed by atoms with E-state index in [9.17, 15) is 14.7 Å². The normalized spacial score (nSPS) is 16.9. The second-order valence-corrected chi connectivity index (χ2v) is 6.02. The Labute approximate surface area is 135 Å². The zero-order valence-electron chi connectivity index (χ0n) is 13.2. The lowest BCUT2D eigenvalue weighted by atomic mass is 9.77. The van der Waals surface area contributed by atoms with E-state index in [2.05, 4.69) is 5.32 Å². The first-order valence-electron chi connectivity index (χ1n) is 7.66. The molecule has 0 heterocycles. The quantitative estimate of drug-likeness (QED) is 0.912. The Kier molecular flexibility index (Phi) is 3.90. The van der Waals surface area contributed by atoms with Crippen molar-refractivity contribution in [2.75, 3.05) is 0 Å². The van der Waals surface area contributed by atoms with Gasteiger partial charge in [-0.05, 0) is 48.1 Å². The van der Waals surface area contributed by atoms with Crippen LogP contribution in [0.3, 0.4) is 0 Å². The number of carbonyl (C=O) groups excluding carboxylic acids is 1. The van der Waals surface area contributed by atoms with Crippen molar-refractivity contribution >= 4 is 11.9 Å². The molecule has 23 heavy (non-hydrogen) atoms. The second kappa shape index (κ2) is 5.88. The number of hydrogen-bond acceptors (Lipinski definition) is 2. The third-order valence-corrected chi connectivity index (χ3v) is 4.66. The Balaban J connectivity index is 1.83. The zero-order valence-corrected chi connectivity index (χ0v) is 13.2. The minimum atomic E-state index is -1.04. The van der Waals surface area contributed by atoms with Crippen LogP contribution in [0.2, 0.25) is 0 Å². The molecule has 2 aromatic rings. The van der Waals surface area contributed by atoms with Crippen LogP contribution < -0.4 is 5.32 Å². The van der Waals surface area contributed by atoms with Crippen molar-refractivity contribution in [1.29, 1.82) is 0 Å². The molecule has 3 rings (SSSR count). The minimum Gasteiger partial charge on any atom is -0.479 e. The first-order chi connectivity index (χ1) is 11.0. The third kappa shape index (κ3) is 2.72. The number of hydrogen-bond donors (Lipinski definition) is 2. The van der Waals surface area contributed by atoms with Crippen LogP contribution in [0.1, 0.15) is 39.8 Å². The van der Waals surface area contributed by atoms with E-state index in [4.69, 9.17) is 0 Å². The first-order valence-corrected chi connectivity index (χ1v) is 7.66. The Morgan fingerprint density at radius 2 is 1.87 bits per heavy atom. The average Bonchev–Trinajstić information content (AvgIpc) is 2.49. The predicted molar refractivity (Wildman–Crippen MR) is 87.3 cm³/mol. The highest BCUT2D eigenvalue weighted by atomic mass is 16.4. The molecule has 118 valence electrons. The molecule has 0 radical (unpaired) electrons. The van der Waals surface area contributed by atoms with Crippen LogP contribution in [0, 0.1) is 13.8 Å². The summed E-state index contributed by atoms with van der Waals surface area (Å²) in [5, 5.41) is 12.2. The summed E-state index contributed by atoms with van der Waals surface area (Å²) in [6, 6.07) is 12.3. The molecular formula is C19H19NO3. The summed E-state index contributed by atoms with van der Waals surface area (Å²) in [6.07, 6.45) is 0.668. The van der Waals surface area contributed by atoms with E-state index in [1.165, 1.54) is 0 Å². The fourth-order valence-electron chi connectivity index (χ4n) is 3.09. The van der Waals surface area contributed by atoms with Gasteiger partial charge in [0.05, 0.1) is 5.92 Å². The van der Waals surface area contributed by atoms with E-state index in [-0.39, 0.29) is 11.8 Å². The van der Waals surface area contributed by atoms with Gasteiger partial charge in [0, 0.05) is 0 Å². The van der Waals surface area contributed by atoms with Gasteiger partial charge in [-0.3, -0.25) is 4.79 Å². The van der Waals surface area contributed by atoms with E-state index < -0.39 is 12.0 Å². The van der Waals surface area contributed by atoms with Gasteiger partial charge in [0.25, 0.3) is 0 Å². The Morgan fingerprint density at radius 1 is 1.13 bits per heavy atom. The summed E-state index contributed by atoms with van der Waals surface area (Å²) in [6.45, 7) is 3.81. The maximum atomic E-state index is 12.5. The molecule has 2 atom stereocenters. The Hall–Kier alpha value is -2.62. The van der Waals surface area contributed by atoms with Gasteiger partial charge in [0.1, 0.15) is 0 Å². The van der Waals surface area contributed by atoms with Gasteiger partial charge in [-0.25, -0.2) is 4.79 Å². The van der Waals surface area contributed by atoms with Crippen molar-refractivity contribution in [3.63, 3.8) is 0 Å². The van der Waals surface area contributed by atoms with Crippen LogP contribution in [-0.2, 0) is 16.0 Å². The van der Waals surface area contributed by atoms with Gasteiger partial charge >= 0.3 is 5.97 Å². The Bertz CT molecular complexity index is 782. The van der Waals surface area contributed by atoms with E-state index in [0.717, 1.165) is 22.3 Å². The van der Waals surface area contributed by atoms with Gasteiger partial charge in [-0.2, -0.15) is 0 Å². The lowest BCUT2D eigenvalue weighted by molar-refractivity contribution is -0.142. The summed E-state index contributed by atoms with van der Waals surface area (Å²) in [4.78, 5) is 24.2. The van der Waals surface area contributed by atoms with Crippen LogP contribution >= 0.6 is 0 Å². The van der Waals surface area contributed by atoms with Crippen LogP contribution in [0.15, 0.2) is 42.5 Å². The Morgan fingerprint density at radius 3 is 2.57 bits per heavy atom. The number of aryl methyl sites for hydroxylation is 1. The average molecular weight is 309 g/mol. The van der Waals surface area contributed by atoms with Gasteiger partial charge < -0.3 is 10.4 Å². The van der Waals surface area contributed by atoms with Gasteiger partial charge in [0.15, 0.2) is 6.04 Å². The molecule has 2 unspecified atom stereocenters. The van der Waals surface area contributed by atoms with Crippen LogP contribution in [0.5, 0.6) is 0 Å². The third-order valence-electron chi connectivity index (χ3n) is 4.66. The largest absolute Gasteiger partial charge is 0.479 e. The maximum absolute atomic E-state index is 12.5. The molecule has 2 N–H and O–H groups in total. The molecule has 1 amide bonds. The number of aliphatic carboxylic acids is 1. The van der Waals surface area contributed by atoms with Crippen LogP contribution in [-0.4, -0.2) is 17.0 Å². The number of carboxylic acids is 1. The molecule has 1 aliphatic carbocycles. The molecule has 0 saturated heterocycles. The van der Waals surface area contributed by atoms with E-state index in [1.54, 1.807) is 6.07 Å². The van der Waals surface area contributed by atoms with E-state index in [1.807, 2.05) is 50.2 Å². The maximum Gasteiger partial charge on any atom is 0.330 e. The lowest BCUT2D eigenvalue weighted by Crippen LogP contribution is -2.40. The van der Waals surface area contributed by atoms with E-state index >= 15 is 0 Å². The van der Waals surface area contributed by atoms with Crippen LogP contribution in [0.4, 0.5) is 0 Å². The standard InChI is InChI=1S/C19H19NO3/c1-11-6-5-9-14(12(11)2)17(19(22)23)20-18(21)16-10-13-7-3-4-8-15(13)16/h3-9,16-17H,10H2,1-2H3,(H,20,21)(H,22,23). The first kappa shape index (κ1) is 15.3. The lowest BCUT2D eigenvalue weighted by Gasteiger charge is -2.30. The van der Waals surface area contributed by atoms with Crippen molar-refractivity contribution in [3.8, 4) is 0 Å². The van der Waals surface area contributed by atoms with Crippen molar-refractivity contribution in [2.45, 2.75) is 32.2 Å². The zero-order chi connectivity index (χ0) is 16.6. The molecule has 0 aliphatic heterocycles. The van der Waals surface area contributed by atoms with Crippen molar-refractivity contribution in [2.24, 2.45) is 0 Å². The number of fused-ring (bicyclic) bond motifs is 1. The summed E-state index contributed by atoms with van der Waals surface area (Å²) in [7, 11) is 0. The number of benzene rings is 2. The summed E-state index contributed by atoms with van der Waals surface area (Å²) in [5.41, 5.74) is 4.70. The monoisotopic (exact) mass is 309 g/mol. The molecule has 0 fully saturated rings. The van der Waals surface area contributed by atoms with Crippen LogP contribution in [0.25, 0.3) is 0 Å². The number of rotatable bonds is 4. The highest BCUT2D eigenvalue weighted by Gasteiger charge is 2.34. The molecule has 0 bridgehead atoms. The summed E-state index contributed by atoms with van der Waals surface area (Å²) >= 11 is 0. The summed E-state index contributed by atoms with van der Waals surface area (Å²) < 4.78 is 0. The van der Waals surface area contributed by atoms with Gasteiger partial charge in [0.2, 0.25) is 5.91 Å². The fraction of sp³-hybridized carbons (Fsp3) is 0.263. The molecule has 0 spiro atoms. The predicted octanol–water partition coefficient (Wildman–Crippen LogP) is 2.89. The van der Waals surface area contributed by atoms with Crippen molar-refractivity contribution in [3.05, 3.63) is 70.3 Å². The van der Waals surface area contributed by atoms with Gasteiger partial charge in [-0.1, -0.05) is 42.5 Å². The molecular weight excluding hydrogens is 290 g/mol. The molecule has 4 heteroatoms. The molecule has 2 aromatic carbocycles. The smallest absolute Gasteiger partial charge is 0.330 e. The van der Waals surface area contributed by atoms with Crippen molar-refractivity contribution < 1.29 is 14.7 Å². The molecule has 0 aromatic heterocycles. The van der Waals surface area contributed by atoms with Gasteiger partial charge in [-0.15, -0.1) is 0 Å². The number of carbonyl (C=O) groups is 2. The summed E-state index contributed by atoms with van der Waals surface area (Å²) in [5.74, 6) is -1.52. The number of amides is 1. The molecule has 4 nitrogen and oxygen atoms in total. The highest BCUT2D eigenvalue weighted by molar-refractivity contribution is 5.91. The SMILES string of the molecule is Cc1cccc(C(NC(=O)C2Cc3ccccc32)C(=O)O)c1C. The fourth-order valence-corrected chi connectivity index (χ4v) is 3.09. The highest BCUT2D eigenvalue weighted by Crippen LogP contribution is 2.35. The topological polar surface area (TPSA) is 66.4 Å².